The second kappa shape index (κ2) is 6.63. The lowest BCUT2D eigenvalue weighted by Gasteiger charge is -2.19. The average molecular weight is 306 g/mol. The van der Waals surface area contributed by atoms with Crippen LogP contribution in [0.3, 0.4) is 0 Å². The zero-order valence-electron chi connectivity index (χ0n) is 11.8. The van der Waals surface area contributed by atoms with Crippen LogP contribution in [0.2, 0.25) is 0 Å². The zero-order chi connectivity index (χ0) is 15.4. The number of benzene rings is 2. The minimum absolute atomic E-state index is 0.0685. The van der Waals surface area contributed by atoms with E-state index in [0.717, 1.165) is 11.1 Å². The monoisotopic (exact) mass is 306 g/mol. The van der Waals surface area contributed by atoms with Gasteiger partial charge in [-0.15, -0.1) is 0 Å². The SMILES string of the molecule is Cc1ccccc1C(C)NC(=S)Nc1c(F)cccc1F. The van der Waals surface area contributed by atoms with Crippen molar-refractivity contribution in [1.82, 2.24) is 5.32 Å². The second-order valence-electron chi connectivity index (χ2n) is 4.77. The number of aryl methyl sites for hydroxylation is 1. The van der Waals surface area contributed by atoms with Crippen molar-refractivity contribution in [2.24, 2.45) is 0 Å². The van der Waals surface area contributed by atoms with Crippen molar-refractivity contribution in [3.63, 3.8) is 0 Å². The van der Waals surface area contributed by atoms with Gasteiger partial charge in [0, 0.05) is 0 Å². The Hall–Kier alpha value is -2.01. The third-order valence-electron chi connectivity index (χ3n) is 3.20. The van der Waals surface area contributed by atoms with Gasteiger partial charge in [-0.2, -0.15) is 0 Å². The van der Waals surface area contributed by atoms with E-state index in [1.807, 2.05) is 38.1 Å². The summed E-state index contributed by atoms with van der Waals surface area (Å²) >= 11 is 5.12. The van der Waals surface area contributed by atoms with Crippen molar-refractivity contribution in [1.29, 1.82) is 0 Å². The Morgan fingerprint density at radius 2 is 1.67 bits per heavy atom. The molecule has 0 heterocycles. The van der Waals surface area contributed by atoms with Crippen LogP contribution in [0.5, 0.6) is 0 Å². The van der Waals surface area contributed by atoms with E-state index in [4.69, 9.17) is 12.2 Å². The van der Waals surface area contributed by atoms with E-state index in [1.54, 1.807) is 0 Å². The molecule has 2 N–H and O–H groups in total. The Morgan fingerprint density at radius 1 is 1.05 bits per heavy atom. The van der Waals surface area contributed by atoms with Gasteiger partial charge in [-0.3, -0.25) is 0 Å². The van der Waals surface area contributed by atoms with Gasteiger partial charge in [0.1, 0.15) is 17.3 Å². The molecular formula is C16H16F2N2S. The topological polar surface area (TPSA) is 24.1 Å². The zero-order valence-corrected chi connectivity index (χ0v) is 12.6. The van der Waals surface area contributed by atoms with Crippen molar-refractivity contribution in [3.05, 3.63) is 65.2 Å². The average Bonchev–Trinajstić information content (AvgIpc) is 2.43. The Labute approximate surface area is 128 Å². The van der Waals surface area contributed by atoms with Crippen molar-refractivity contribution >= 4 is 23.0 Å². The van der Waals surface area contributed by atoms with E-state index < -0.39 is 11.6 Å². The second-order valence-corrected chi connectivity index (χ2v) is 5.18. The fourth-order valence-corrected chi connectivity index (χ4v) is 2.39. The van der Waals surface area contributed by atoms with Gasteiger partial charge in [0.25, 0.3) is 0 Å². The van der Waals surface area contributed by atoms with E-state index >= 15 is 0 Å². The molecule has 21 heavy (non-hydrogen) atoms. The van der Waals surface area contributed by atoms with Crippen LogP contribution < -0.4 is 10.6 Å². The molecule has 0 bridgehead atoms. The number of para-hydroxylation sites is 1. The summed E-state index contributed by atoms with van der Waals surface area (Å²) in [5.41, 5.74) is 1.96. The predicted octanol–water partition coefficient (Wildman–Crippen LogP) is 4.32. The van der Waals surface area contributed by atoms with Crippen molar-refractivity contribution in [2.75, 3.05) is 5.32 Å². The summed E-state index contributed by atoms with van der Waals surface area (Å²) in [6, 6.07) is 11.5. The molecule has 0 saturated carbocycles. The highest BCUT2D eigenvalue weighted by Crippen LogP contribution is 2.19. The third-order valence-corrected chi connectivity index (χ3v) is 3.42. The molecule has 0 aliphatic rings. The van der Waals surface area contributed by atoms with Crippen LogP contribution >= 0.6 is 12.2 Å². The highest BCUT2D eigenvalue weighted by Gasteiger charge is 2.13. The maximum Gasteiger partial charge on any atom is 0.171 e. The number of thiocarbonyl (C=S) groups is 1. The molecular weight excluding hydrogens is 290 g/mol. The molecule has 2 nitrogen and oxygen atoms in total. The van der Waals surface area contributed by atoms with Crippen molar-refractivity contribution in [3.8, 4) is 0 Å². The molecule has 0 aromatic heterocycles. The van der Waals surface area contributed by atoms with Gasteiger partial charge < -0.3 is 10.6 Å². The molecule has 1 atom stereocenters. The van der Waals surface area contributed by atoms with Gasteiger partial charge in [0.05, 0.1) is 6.04 Å². The quantitative estimate of drug-likeness (QED) is 0.826. The Bertz CT molecular complexity index is 638. The minimum Gasteiger partial charge on any atom is -0.356 e. The number of rotatable bonds is 3. The lowest BCUT2D eigenvalue weighted by atomic mass is 10.0. The molecule has 110 valence electrons. The lowest BCUT2D eigenvalue weighted by molar-refractivity contribution is 0.590. The smallest absolute Gasteiger partial charge is 0.171 e. The lowest BCUT2D eigenvalue weighted by Crippen LogP contribution is -2.31. The molecule has 0 aliphatic carbocycles. The molecule has 2 rings (SSSR count). The number of hydrogen-bond acceptors (Lipinski definition) is 1. The highest BCUT2D eigenvalue weighted by molar-refractivity contribution is 7.80. The van der Waals surface area contributed by atoms with Gasteiger partial charge in [0.2, 0.25) is 0 Å². The fraction of sp³-hybridized carbons (Fsp3) is 0.188. The van der Waals surface area contributed by atoms with E-state index in [1.165, 1.54) is 18.2 Å². The standard InChI is InChI=1S/C16H16F2N2S/c1-10-6-3-4-7-12(10)11(2)19-16(21)20-15-13(17)8-5-9-14(15)18/h3-9,11H,1-2H3,(H2,19,20,21). The minimum atomic E-state index is -0.678. The molecule has 0 amide bonds. The summed E-state index contributed by atoms with van der Waals surface area (Å²) in [5, 5.41) is 5.77. The molecule has 0 fully saturated rings. The molecule has 0 spiro atoms. The fourth-order valence-electron chi connectivity index (χ4n) is 2.11. The van der Waals surface area contributed by atoms with Crippen LogP contribution in [-0.2, 0) is 0 Å². The van der Waals surface area contributed by atoms with Crippen LogP contribution in [0.4, 0.5) is 14.5 Å². The van der Waals surface area contributed by atoms with E-state index in [-0.39, 0.29) is 16.8 Å². The first-order valence-electron chi connectivity index (χ1n) is 6.56. The summed E-state index contributed by atoms with van der Waals surface area (Å²) in [7, 11) is 0. The molecule has 0 radical (unpaired) electrons. The Balaban J connectivity index is 2.07. The maximum absolute atomic E-state index is 13.5. The van der Waals surface area contributed by atoms with Crippen LogP contribution in [0.25, 0.3) is 0 Å². The van der Waals surface area contributed by atoms with Gasteiger partial charge in [-0.05, 0) is 49.3 Å². The Morgan fingerprint density at radius 3 is 2.29 bits per heavy atom. The summed E-state index contributed by atoms with van der Waals surface area (Å²) in [5.74, 6) is -1.36. The summed E-state index contributed by atoms with van der Waals surface area (Å²) in [4.78, 5) is 0. The largest absolute Gasteiger partial charge is 0.356 e. The molecule has 5 heteroatoms. The van der Waals surface area contributed by atoms with E-state index in [9.17, 15) is 8.78 Å². The maximum atomic E-state index is 13.5. The predicted molar refractivity (Wildman–Crippen MR) is 85.3 cm³/mol. The van der Waals surface area contributed by atoms with Crippen LogP contribution in [-0.4, -0.2) is 5.11 Å². The van der Waals surface area contributed by atoms with Crippen LogP contribution in [0, 0.1) is 18.6 Å². The van der Waals surface area contributed by atoms with E-state index in [0.29, 0.717) is 0 Å². The Kier molecular flexibility index (Phi) is 4.85. The number of nitrogens with one attached hydrogen (secondary N) is 2. The van der Waals surface area contributed by atoms with Gasteiger partial charge in [0.15, 0.2) is 5.11 Å². The van der Waals surface area contributed by atoms with Crippen molar-refractivity contribution in [2.45, 2.75) is 19.9 Å². The molecule has 1 unspecified atom stereocenters. The summed E-state index contributed by atoms with van der Waals surface area (Å²) in [6.45, 7) is 3.94. The molecule has 2 aromatic rings. The van der Waals surface area contributed by atoms with Crippen LogP contribution in [0.1, 0.15) is 24.1 Å². The first kappa shape index (κ1) is 15.4. The third kappa shape index (κ3) is 3.76. The first-order valence-corrected chi connectivity index (χ1v) is 6.97. The number of anilines is 1. The molecule has 0 saturated heterocycles. The van der Waals surface area contributed by atoms with Gasteiger partial charge >= 0.3 is 0 Å². The van der Waals surface area contributed by atoms with E-state index in [2.05, 4.69) is 10.6 Å². The van der Waals surface area contributed by atoms with Gasteiger partial charge in [-0.1, -0.05) is 30.3 Å². The van der Waals surface area contributed by atoms with Crippen LogP contribution in [0.15, 0.2) is 42.5 Å². The molecule has 2 aromatic carbocycles. The molecule has 0 aliphatic heterocycles. The van der Waals surface area contributed by atoms with Crippen molar-refractivity contribution < 1.29 is 8.78 Å². The number of halogens is 2. The summed E-state index contributed by atoms with van der Waals surface area (Å²) < 4.78 is 27.1. The highest BCUT2D eigenvalue weighted by atomic mass is 32.1. The van der Waals surface area contributed by atoms with Gasteiger partial charge in [-0.25, -0.2) is 8.78 Å². The summed E-state index contributed by atoms with van der Waals surface area (Å²) in [6.07, 6.45) is 0. The first-order chi connectivity index (χ1) is 9.99. The normalized spacial score (nSPS) is 11.8. The number of hydrogen-bond donors (Lipinski definition) is 2.